The summed E-state index contributed by atoms with van der Waals surface area (Å²) in [6.45, 7) is -0.885. The number of carbonyl (C=O) groups is 1. The van der Waals surface area contributed by atoms with E-state index < -0.39 is 40.0 Å². The summed E-state index contributed by atoms with van der Waals surface area (Å²) in [5.74, 6) is -1.52. The molecular formula is C17H15ClF4N2O3S. The molecular weight excluding hydrogens is 424 g/mol. The van der Waals surface area contributed by atoms with E-state index in [1.165, 1.54) is 12.1 Å². The number of benzene rings is 2. The predicted molar refractivity (Wildman–Crippen MR) is 96.9 cm³/mol. The summed E-state index contributed by atoms with van der Waals surface area (Å²) in [5.41, 5.74) is -0.694. The molecule has 2 aromatic rings. The third kappa shape index (κ3) is 5.83. The number of halogens is 5. The fraction of sp³-hybridized carbons (Fsp3) is 0.235. The average molecular weight is 439 g/mol. The van der Waals surface area contributed by atoms with Crippen molar-refractivity contribution in [1.29, 1.82) is 0 Å². The molecule has 152 valence electrons. The summed E-state index contributed by atoms with van der Waals surface area (Å²) in [6.07, 6.45) is -3.67. The normalized spacial score (nSPS) is 11.9. The zero-order valence-electron chi connectivity index (χ0n) is 14.4. The van der Waals surface area contributed by atoms with Crippen LogP contribution < -0.4 is 9.62 Å². The number of nitrogens with zero attached hydrogens (tertiary/aromatic N) is 1. The number of rotatable bonds is 6. The second kappa shape index (κ2) is 8.36. The van der Waals surface area contributed by atoms with Crippen LogP contribution in [0.5, 0.6) is 0 Å². The molecule has 0 fully saturated rings. The maximum atomic E-state index is 13.3. The van der Waals surface area contributed by atoms with E-state index in [4.69, 9.17) is 11.6 Å². The Bertz CT molecular complexity index is 981. The predicted octanol–water partition coefficient (Wildman–Crippen LogP) is 3.58. The average Bonchev–Trinajstić information content (AvgIpc) is 2.59. The highest BCUT2D eigenvalue weighted by molar-refractivity contribution is 7.92. The molecule has 0 bridgehead atoms. The molecule has 0 aliphatic heterocycles. The minimum Gasteiger partial charge on any atom is -0.350 e. The SMILES string of the molecule is CS(=O)(=O)N(CC(=O)NCc1cccc(C(F)(F)F)c1)c1ccc(F)c(Cl)c1. The molecule has 0 radical (unpaired) electrons. The van der Waals surface area contributed by atoms with Crippen molar-refractivity contribution < 1.29 is 30.8 Å². The topological polar surface area (TPSA) is 66.5 Å². The van der Waals surface area contributed by atoms with Crippen LogP contribution in [0.4, 0.5) is 23.2 Å². The molecule has 1 amide bonds. The summed E-state index contributed by atoms with van der Waals surface area (Å²) in [4.78, 5) is 12.1. The number of carbonyl (C=O) groups excluding carboxylic acids is 1. The van der Waals surface area contributed by atoms with E-state index in [1.807, 2.05) is 0 Å². The van der Waals surface area contributed by atoms with Crippen LogP contribution in [-0.2, 0) is 27.5 Å². The summed E-state index contributed by atoms with van der Waals surface area (Å²) >= 11 is 5.65. The van der Waals surface area contributed by atoms with Crippen molar-refractivity contribution in [2.24, 2.45) is 0 Å². The lowest BCUT2D eigenvalue weighted by atomic mass is 10.1. The van der Waals surface area contributed by atoms with Crippen LogP contribution in [0.1, 0.15) is 11.1 Å². The molecule has 0 heterocycles. The van der Waals surface area contributed by atoms with Gasteiger partial charge in [-0.05, 0) is 35.9 Å². The molecule has 0 aromatic heterocycles. The molecule has 11 heteroatoms. The number of anilines is 1. The van der Waals surface area contributed by atoms with E-state index in [1.54, 1.807) is 0 Å². The fourth-order valence-corrected chi connectivity index (χ4v) is 3.31. The Morgan fingerprint density at radius 1 is 1.18 bits per heavy atom. The lowest BCUT2D eigenvalue weighted by molar-refractivity contribution is -0.137. The van der Waals surface area contributed by atoms with E-state index in [0.29, 0.717) is 4.31 Å². The maximum Gasteiger partial charge on any atom is 0.416 e. The van der Waals surface area contributed by atoms with Crippen LogP contribution >= 0.6 is 11.6 Å². The number of sulfonamides is 1. The quantitative estimate of drug-likeness (QED) is 0.701. The van der Waals surface area contributed by atoms with Crippen molar-refractivity contribution in [2.45, 2.75) is 12.7 Å². The van der Waals surface area contributed by atoms with Gasteiger partial charge in [-0.25, -0.2) is 12.8 Å². The number of amides is 1. The highest BCUT2D eigenvalue weighted by atomic mass is 35.5. The summed E-state index contributed by atoms with van der Waals surface area (Å²) in [7, 11) is -3.91. The standard InChI is InChI=1S/C17H15ClF4N2O3S/c1-28(26,27)24(13-5-6-15(19)14(18)8-13)10-16(25)23-9-11-3-2-4-12(7-11)17(20,21)22/h2-8H,9-10H2,1H3,(H,23,25). The van der Waals surface area contributed by atoms with Gasteiger partial charge in [-0.1, -0.05) is 23.7 Å². The van der Waals surface area contributed by atoms with Crippen LogP contribution in [0, 0.1) is 5.82 Å². The van der Waals surface area contributed by atoms with Gasteiger partial charge in [0, 0.05) is 6.54 Å². The minimum atomic E-state index is -4.52. The van der Waals surface area contributed by atoms with Gasteiger partial charge >= 0.3 is 6.18 Å². The van der Waals surface area contributed by atoms with Gasteiger partial charge in [-0.3, -0.25) is 9.10 Å². The van der Waals surface area contributed by atoms with Gasteiger partial charge in [0.15, 0.2) is 0 Å². The van der Waals surface area contributed by atoms with E-state index in [2.05, 4.69) is 5.32 Å². The molecule has 0 unspecified atom stereocenters. The van der Waals surface area contributed by atoms with Crippen molar-refractivity contribution in [2.75, 3.05) is 17.1 Å². The first kappa shape index (κ1) is 22.0. The van der Waals surface area contributed by atoms with Crippen molar-refractivity contribution >= 4 is 33.2 Å². The highest BCUT2D eigenvalue weighted by Gasteiger charge is 2.30. The van der Waals surface area contributed by atoms with E-state index in [-0.39, 0.29) is 22.8 Å². The first-order valence-electron chi connectivity index (χ1n) is 7.73. The molecule has 0 saturated heterocycles. The van der Waals surface area contributed by atoms with Gasteiger partial charge in [0.05, 0.1) is 22.5 Å². The van der Waals surface area contributed by atoms with Gasteiger partial charge in [0.2, 0.25) is 15.9 Å². The molecule has 0 atom stereocenters. The Morgan fingerprint density at radius 3 is 2.43 bits per heavy atom. The van der Waals surface area contributed by atoms with E-state index in [9.17, 15) is 30.8 Å². The van der Waals surface area contributed by atoms with Crippen molar-refractivity contribution in [3.8, 4) is 0 Å². The summed E-state index contributed by atoms with van der Waals surface area (Å²) < 4.78 is 76.1. The van der Waals surface area contributed by atoms with Crippen molar-refractivity contribution in [3.63, 3.8) is 0 Å². The molecule has 2 rings (SSSR count). The molecule has 1 N–H and O–H groups in total. The van der Waals surface area contributed by atoms with E-state index >= 15 is 0 Å². The van der Waals surface area contributed by atoms with Gasteiger partial charge in [-0.2, -0.15) is 13.2 Å². The third-order valence-corrected chi connectivity index (χ3v) is 5.05. The lowest BCUT2D eigenvalue weighted by Gasteiger charge is -2.22. The largest absolute Gasteiger partial charge is 0.416 e. The molecule has 2 aromatic carbocycles. The van der Waals surface area contributed by atoms with Gasteiger partial charge in [0.1, 0.15) is 12.4 Å². The molecule has 0 aliphatic carbocycles. The Kier molecular flexibility index (Phi) is 6.56. The zero-order chi connectivity index (χ0) is 21.1. The van der Waals surface area contributed by atoms with Crippen LogP contribution in [0.3, 0.4) is 0 Å². The first-order chi connectivity index (χ1) is 12.9. The smallest absolute Gasteiger partial charge is 0.350 e. The molecule has 0 spiro atoms. The lowest BCUT2D eigenvalue weighted by Crippen LogP contribution is -2.40. The second-order valence-corrected chi connectivity index (χ2v) is 8.16. The molecule has 28 heavy (non-hydrogen) atoms. The summed E-state index contributed by atoms with van der Waals surface area (Å²) in [5, 5.41) is 2.03. The Balaban J connectivity index is 2.12. The van der Waals surface area contributed by atoms with Gasteiger partial charge in [0.25, 0.3) is 0 Å². The zero-order valence-corrected chi connectivity index (χ0v) is 16.0. The highest BCUT2D eigenvalue weighted by Crippen LogP contribution is 2.29. The van der Waals surface area contributed by atoms with Crippen LogP contribution in [0.2, 0.25) is 5.02 Å². The molecule has 5 nitrogen and oxygen atoms in total. The van der Waals surface area contributed by atoms with Crippen molar-refractivity contribution in [3.05, 3.63) is 64.4 Å². The van der Waals surface area contributed by atoms with Crippen LogP contribution in [0.15, 0.2) is 42.5 Å². The van der Waals surface area contributed by atoms with Gasteiger partial charge in [-0.15, -0.1) is 0 Å². The Hall–Kier alpha value is -2.33. The van der Waals surface area contributed by atoms with Crippen LogP contribution in [-0.4, -0.2) is 27.1 Å². The minimum absolute atomic E-state index is 0.0249. The van der Waals surface area contributed by atoms with Crippen LogP contribution in [0.25, 0.3) is 0 Å². The van der Waals surface area contributed by atoms with E-state index in [0.717, 1.165) is 36.6 Å². The Morgan fingerprint density at radius 2 is 1.86 bits per heavy atom. The number of alkyl halides is 3. The molecule has 0 aliphatic rings. The summed E-state index contributed by atoms with van der Waals surface area (Å²) in [6, 6.07) is 7.53. The van der Waals surface area contributed by atoms with Gasteiger partial charge < -0.3 is 5.32 Å². The Labute approximate surface area is 164 Å². The first-order valence-corrected chi connectivity index (χ1v) is 9.96. The number of nitrogens with one attached hydrogen (secondary N) is 1. The second-order valence-electron chi connectivity index (χ2n) is 5.84. The number of hydrogen-bond acceptors (Lipinski definition) is 3. The number of hydrogen-bond donors (Lipinski definition) is 1. The third-order valence-electron chi connectivity index (χ3n) is 3.62. The van der Waals surface area contributed by atoms with Crippen molar-refractivity contribution in [1.82, 2.24) is 5.32 Å². The fourth-order valence-electron chi connectivity index (χ4n) is 2.28. The monoisotopic (exact) mass is 438 g/mol. The maximum absolute atomic E-state index is 13.3. The molecule has 0 saturated carbocycles.